The zero-order valence-electron chi connectivity index (χ0n) is 17.5. The molecule has 0 fully saturated rings. The van der Waals surface area contributed by atoms with Gasteiger partial charge in [0.25, 0.3) is 0 Å². The van der Waals surface area contributed by atoms with Crippen LogP contribution in [-0.2, 0) is 27.2 Å². The molecule has 3 unspecified atom stereocenters. The van der Waals surface area contributed by atoms with Crippen molar-refractivity contribution in [1.29, 1.82) is 0 Å². The number of carboxylic acids is 1. The average molecular weight is 438 g/mol. The average Bonchev–Trinajstić information content (AvgIpc) is 3.17. The van der Waals surface area contributed by atoms with Crippen LogP contribution in [0.4, 0.5) is 0 Å². The third-order valence-corrected chi connectivity index (χ3v) is 5.14. The molecule has 0 bridgehead atoms. The summed E-state index contributed by atoms with van der Waals surface area (Å²) in [5, 5.41) is 25.1. The first-order valence-electron chi connectivity index (χ1n) is 10.2. The van der Waals surface area contributed by atoms with Crippen LogP contribution in [0.5, 0.6) is 5.75 Å². The fourth-order valence-electron chi connectivity index (χ4n) is 3.37. The molecule has 3 rings (SSSR count). The highest BCUT2D eigenvalue weighted by molar-refractivity contribution is 5.92. The Balaban J connectivity index is 1.80. The van der Waals surface area contributed by atoms with E-state index in [0.29, 0.717) is 5.56 Å². The summed E-state index contributed by atoms with van der Waals surface area (Å²) in [4.78, 5) is 40.2. The number of para-hydroxylation sites is 1. The number of aromatic amines is 1. The van der Waals surface area contributed by atoms with Crippen molar-refractivity contribution >= 4 is 28.7 Å². The molecular weight excluding hydrogens is 412 g/mol. The first-order chi connectivity index (χ1) is 15.2. The number of rotatable bonds is 9. The number of nitrogens with two attached hydrogens (primary N) is 1. The van der Waals surface area contributed by atoms with E-state index in [1.165, 1.54) is 19.1 Å². The van der Waals surface area contributed by atoms with Crippen molar-refractivity contribution in [3.63, 3.8) is 0 Å². The number of benzene rings is 2. The van der Waals surface area contributed by atoms with Gasteiger partial charge in [0, 0.05) is 29.9 Å². The van der Waals surface area contributed by atoms with Crippen LogP contribution < -0.4 is 16.4 Å². The molecule has 9 nitrogen and oxygen atoms in total. The molecule has 1 aromatic heterocycles. The van der Waals surface area contributed by atoms with Gasteiger partial charge in [-0.2, -0.15) is 0 Å². The lowest BCUT2D eigenvalue weighted by atomic mass is 10.0. The SMILES string of the molecule is CC(N)C(=O)NC(Cc1c[nH]c2ccccc12)C(=O)NC(Cc1ccc(O)cc1)C(=O)O. The van der Waals surface area contributed by atoms with Crippen LogP contribution in [-0.4, -0.2) is 51.1 Å². The molecule has 0 spiro atoms. The van der Waals surface area contributed by atoms with E-state index in [-0.39, 0.29) is 18.6 Å². The second-order valence-corrected chi connectivity index (χ2v) is 7.68. The van der Waals surface area contributed by atoms with Crippen molar-refractivity contribution in [2.24, 2.45) is 5.73 Å². The van der Waals surface area contributed by atoms with Crippen molar-refractivity contribution in [2.75, 3.05) is 0 Å². The maximum Gasteiger partial charge on any atom is 0.326 e. The fraction of sp³-hybridized carbons (Fsp3) is 0.261. The predicted molar refractivity (Wildman–Crippen MR) is 119 cm³/mol. The number of carbonyl (C=O) groups is 3. The molecular formula is C23H26N4O5. The van der Waals surface area contributed by atoms with Gasteiger partial charge in [-0.15, -0.1) is 0 Å². The largest absolute Gasteiger partial charge is 0.508 e. The first kappa shape index (κ1) is 22.8. The van der Waals surface area contributed by atoms with E-state index in [1.807, 2.05) is 24.3 Å². The number of amides is 2. The molecule has 0 saturated carbocycles. The van der Waals surface area contributed by atoms with Crippen LogP contribution in [0.25, 0.3) is 10.9 Å². The fourth-order valence-corrected chi connectivity index (χ4v) is 3.37. The zero-order valence-corrected chi connectivity index (χ0v) is 17.5. The number of hydrogen-bond acceptors (Lipinski definition) is 5. The summed E-state index contributed by atoms with van der Waals surface area (Å²) >= 11 is 0. The Morgan fingerprint density at radius 2 is 1.62 bits per heavy atom. The van der Waals surface area contributed by atoms with E-state index in [1.54, 1.807) is 18.3 Å². The Bertz CT molecular complexity index is 1110. The summed E-state index contributed by atoms with van der Waals surface area (Å²) in [6.45, 7) is 1.50. The number of phenolic OH excluding ortho intramolecular Hbond substituents is 1. The van der Waals surface area contributed by atoms with E-state index in [4.69, 9.17) is 5.73 Å². The molecule has 32 heavy (non-hydrogen) atoms. The standard InChI is InChI=1S/C23H26N4O5/c1-13(24)21(29)26-19(11-15-12-25-18-5-3-2-4-17(15)18)22(30)27-20(23(31)32)10-14-6-8-16(28)9-7-14/h2-9,12-13,19-20,25,28H,10-11,24H2,1H3,(H,26,29)(H,27,30)(H,31,32). The summed E-state index contributed by atoms with van der Waals surface area (Å²) in [5.41, 5.74) is 7.96. The molecule has 0 aliphatic rings. The molecule has 0 saturated heterocycles. The highest BCUT2D eigenvalue weighted by Gasteiger charge is 2.28. The lowest BCUT2D eigenvalue weighted by Gasteiger charge is -2.22. The van der Waals surface area contributed by atoms with Crippen molar-refractivity contribution < 1.29 is 24.6 Å². The maximum absolute atomic E-state index is 13.0. The van der Waals surface area contributed by atoms with Crippen LogP contribution in [0, 0.1) is 0 Å². The van der Waals surface area contributed by atoms with E-state index in [2.05, 4.69) is 15.6 Å². The van der Waals surface area contributed by atoms with Gasteiger partial charge in [-0.1, -0.05) is 30.3 Å². The minimum atomic E-state index is -1.22. The third kappa shape index (κ3) is 5.64. The minimum Gasteiger partial charge on any atom is -0.508 e. The molecule has 2 amide bonds. The van der Waals surface area contributed by atoms with Gasteiger partial charge in [0.05, 0.1) is 6.04 Å². The Hall–Kier alpha value is -3.85. The number of hydrogen-bond donors (Lipinski definition) is 6. The van der Waals surface area contributed by atoms with Crippen molar-refractivity contribution in [3.05, 3.63) is 65.9 Å². The third-order valence-electron chi connectivity index (χ3n) is 5.14. The molecule has 168 valence electrons. The van der Waals surface area contributed by atoms with Crippen LogP contribution in [0.1, 0.15) is 18.1 Å². The van der Waals surface area contributed by atoms with Crippen LogP contribution >= 0.6 is 0 Å². The van der Waals surface area contributed by atoms with E-state index >= 15 is 0 Å². The minimum absolute atomic E-state index is 0.0163. The van der Waals surface area contributed by atoms with Gasteiger partial charge in [0.2, 0.25) is 11.8 Å². The number of nitrogens with one attached hydrogen (secondary N) is 3. The van der Waals surface area contributed by atoms with E-state index in [9.17, 15) is 24.6 Å². The Morgan fingerprint density at radius 3 is 2.28 bits per heavy atom. The normalized spacial score (nSPS) is 13.8. The summed E-state index contributed by atoms with van der Waals surface area (Å²) in [7, 11) is 0. The van der Waals surface area contributed by atoms with Gasteiger partial charge in [0.15, 0.2) is 0 Å². The number of H-pyrrole nitrogens is 1. The maximum atomic E-state index is 13.0. The number of aliphatic carboxylic acids is 1. The number of aromatic nitrogens is 1. The van der Waals surface area contributed by atoms with Crippen molar-refractivity contribution in [1.82, 2.24) is 15.6 Å². The van der Waals surface area contributed by atoms with E-state index in [0.717, 1.165) is 16.5 Å². The molecule has 0 radical (unpaired) electrons. The molecule has 3 atom stereocenters. The number of phenols is 1. The van der Waals surface area contributed by atoms with Crippen molar-refractivity contribution in [3.8, 4) is 5.75 Å². The molecule has 3 aromatic rings. The summed E-state index contributed by atoms with van der Waals surface area (Å²) in [6, 6.07) is 10.5. The molecule has 0 aliphatic carbocycles. The Labute approximate surface area is 184 Å². The van der Waals surface area contributed by atoms with Gasteiger partial charge >= 0.3 is 5.97 Å². The van der Waals surface area contributed by atoms with Gasteiger partial charge in [-0.25, -0.2) is 4.79 Å². The monoisotopic (exact) mass is 438 g/mol. The topological polar surface area (TPSA) is 158 Å². The van der Waals surface area contributed by atoms with Crippen LogP contribution in [0.2, 0.25) is 0 Å². The number of carbonyl (C=O) groups excluding carboxylic acids is 2. The molecule has 7 N–H and O–H groups in total. The summed E-state index contributed by atoms with van der Waals surface area (Å²) < 4.78 is 0. The molecule has 9 heteroatoms. The highest BCUT2D eigenvalue weighted by atomic mass is 16.4. The number of aromatic hydroxyl groups is 1. The zero-order chi connectivity index (χ0) is 23.3. The second-order valence-electron chi connectivity index (χ2n) is 7.68. The quantitative estimate of drug-likeness (QED) is 0.293. The molecule has 0 aliphatic heterocycles. The van der Waals surface area contributed by atoms with Gasteiger partial charge in [0.1, 0.15) is 17.8 Å². The van der Waals surface area contributed by atoms with Crippen LogP contribution in [0.3, 0.4) is 0 Å². The number of fused-ring (bicyclic) bond motifs is 1. The number of carboxylic acid groups (broad SMARTS) is 1. The Morgan fingerprint density at radius 1 is 0.969 bits per heavy atom. The molecule has 1 heterocycles. The molecule has 2 aromatic carbocycles. The van der Waals surface area contributed by atoms with E-state index < -0.39 is 35.9 Å². The lowest BCUT2D eigenvalue weighted by molar-refractivity contribution is -0.142. The Kier molecular flexibility index (Phi) is 7.11. The van der Waals surface area contributed by atoms with Crippen molar-refractivity contribution in [2.45, 2.75) is 37.9 Å². The smallest absolute Gasteiger partial charge is 0.326 e. The van der Waals surface area contributed by atoms with Gasteiger partial charge in [-0.05, 0) is 36.2 Å². The van der Waals surface area contributed by atoms with Crippen LogP contribution in [0.15, 0.2) is 54.7 Å². The summed E-state index contributed by atoms with van der Waals surface area (Å²) in [6.07, 6.45) is 1.93. The first-order valence-corrected chi connectivity index (χ1v) is 10.2. The lowest BCUT2D eigenvalue weighted by Crippen LogP contribution is -2.55. The highest BCUT2D eigenvalue weighted by Crippen LogP contribution is 2.19. The van der Waals surface area contributed by atoms with Gasteiger partial charge < -0.3 is 31.6 Å². The van der Waals surface area contributed by atoms with Gasteiger partial charge in [-0.3, -0.25) is 9.59 Å². The predicted octanol–water partition coefficient (Wildman–Crippen LogP) is 1.06. The second kappa shape index (κ2) is 9.97. The summed E-state index contributed by atoms with van der Waals surface area (Å²) in [5.74, 6) is -2.30.